The van der Waals surface area contributed by atoms with Crippen molar-refractivity contribution in [1.29, 1.82) is 0 Å². The number of nitrogens with zero attached hydrogens (tertiary/aromatic N) is 2. The molecule has 0 unspecified atom stereocenters. The summed E-state index contributed by atoms with van der Waals surface area (Å²) in [5, 5.41) is 0. The van der Waals surface area contributed by atoms with Crippen molar-refractivity contribution in [2.75, 3.05) is 39.2 Å². The van der Waals surface area contributed by atoms with Crippen LogP contribution in [0.2, 0.25) is 0 Å². The van der Waals surface area contributed by atoms with Gasteiger partial charge >= 0.3 is 6.98 Å². The van der Waals surface area contributed by atoms with Crippen molar-refractivity contribution in [2.24, 2.45) is 5.92 Å². The van der Waals surface area contributed by atoms with Crippen LogP contribution in [-0.4, -0.2) is 55.9 Å². The van der Waals surface area contributed by atoms with Crippen LogP contribution in [0.4, 0.5) is 12.9 Å². The molecule has 0 saturated carbocycles. The molecule has 2 fully saturated rings. The molecular formula is C11H21BF3N2-. The van der Waals surface area contributed by atoms with E-state index in [4.69, 9.17) is 0 Å². The van der Waals surface area contributed by atoms with Crippen LogP contribution in [0.25, 0.3) is 0 Å². The molecule has 0 aromatic carbocycles. The zero-order chi connectivity index (χ0) is 12.3. The van der Waals surface area contributed by atoms with Crippen molar-refractivity contribution in [3.05, 3.63) is 0 Å². The summed E-state index contributed by atoms with van der Waals surface area (Å²) in [6.45, 7) is 0.0784. The topological polar surface area (TPSA) is 6.48 Å². The number of piperidine rings is 1. The van der Waals surface area contributed by atoms with Crippen molar-refractivity contribution in [3.8, 4) is 0 Å². The molecule has 0 N–H and O–H groups in total. The average Bonchev–Trinajstić information content (AvgIpc) is 2.71. The average molecular weight is 249 g/mol. The predicted octanol–water partition coefficient (Wildman–Crippen LogP) is 2.18. The molecule has 0 aromatic rings. The fraction of sp³-hybridized carbons (Fsp3) is 1.00. The molecule has 100 valence electrons. The Balaban J connectivity index is 1.67. The van der Waals surface area contributed by atoms with Gasteiger partial charge in [-0.25, -0.2) is 0 Å². The highest BCUT2D eigenvalue weighted by Gasteiger charge is 2.29. The summed E-state index contributed by atoms with van der Waals surface area (Å²) in [6.07, 6.45) is 3.77. The summed E-state index contributed by atoms with van der Waals surface area (Å²) in [5.41, 5.74) is 0. The number of likely N-dealkylation sites (tertiary alicyclic amines) is 2. The highest BCUT2D eigenvalue weighted by molar-refractivity contribution is 6.58. The van der Waals surface area contributed by atoms with Crippen LogP contribution in [0.1, 0.15) is 25.7 Å². The van der Waals surface area contributed by atoms with E-state index in [0.717, 1.165) is 19.4 Å². The van der Waals surface area contributed by atoms with Crippen LogP contribution in [0.15, 0.2) is 0 Å². The maximum atomic E-state index is 12.3. The molecule has 2 heterocycles. The van der Waals surface area contributed by atoms with Gasteiger partial charge in [0, 0.05) is 6.54 Å². The number of rotatable bonds is 4. The maximum absolute atomic E-state index is 12.3. The first-order valence-electron chi connectivity index (χ1n) is 6.69. The van der Waals surface area contributed by atoms with E-state index in [1.54, 1.807) is 4.90 Å². The predicted molar refractivity (Wildman–Crippen MR) is 63.9 cm³/mol. The minimum atomic E-state index is -4.65. The van der Waals surface area contributed by atoms with Gasteiger partial charge in [0.1, 0.15) is 0 Å². The van der Waals surface area contributed by atoms with Crippen molar-refractivity contribution in [2.45, 2.75) is 25.7 Å². The van der Waals surface area contributed by atoms with Crippen molar-refractivity contribution < 1.29 is 12.9 Å². The third kappa shape index (κ3) is 4.51. The molecular weight excluding hydrogens is 228 g/mol. The standard InChI is InChI=1S/C11H21BF3N2/c13-12(14,15)10-17-7-3-11(4-8-17)9-16-5-1-2-6-16/h11H,1-10H2/q-1. The molecule has 2 aliphatic rings. The Bertz CT molecular complexity index is 233. The normalized spacial score (nSPS) is 25.6. The summed E-state index contributed by atoms with van der Waals surface area (Å²) in [6, 6.07) is 0. The molecule has 2 saturated heterocycles. The number of hydrogen-bond acceptors (Lipinski definition) is 2. The molecule has 6 heteroatoms. The molecule has 0 radical (unpaired) electrons. The molecule has 0 atom stereocenters. The summed E-state index contributed by atoms with van der Waals surface area (Å²) >= 11 is 0. The zero-order valence-electron chi connectivity index (χ0n) is 10.3. The van der Waals surface area contributed by atoms with Crippen molar-refractivity contribution in [1.82, 2.24) is 9.80 Å². The van der Waals surface area contributed by atoms with Crippen LogP contribution in [0.5, 0.6) is 0 Å². The van der Waals surface area contributed by atoms with Crippen molar-refractivity contribution in [3.63, 3.8) is 0 Å². The summed E-state index contributed by atoms with van der Waals surface area (Å²) in [4.78, 5) is 4.04. The van der Waals surface area contributed by atoms with Crippen molar-refractivity contribution >= 4 is 6.98 Å². The molecule has 0 aromatic heterocycles. The SMILES string of the molecule is F[B-](F)(F)CN1CCC(CN2CCCC2)CC1. The highest BCUT2D eigenvalue weighted by atomic mass is 19.4. The Kier molecular flexibility index (Phi) is 4.36. The Hall–Kier alpha value is -0.225. The van der Waals surface area contributed by atoms with Gasteiger partial charge in [-0.1, -0.05) is 0 Å². The second kappa shape index (κ2) is 5.61. The fourth-order valence-electron chi connectivity index (χ4n) is 2.97. The summed E-state index contributed by atoms with van der Waals surface area (Å²) in [7, 11) is 0. The lowest BCUT2D eigenvalue weighted by atomic mass is 9.88. The van der Waals surface area contributed by atoms with E-state index in [9.17, 15) is 12.9 Å². The van der Waals surface area contributed by atoms with E-state index >= 15 is 0 Å². The van der Waals surface area contributed by atoms with E-state index in [2.05, 4.69) is 4.90 Å². The maximum Gasteiger partial charge on any atom is 0.492 e. The van der Waals surface area contributed by atoms with Gasteiger partial charge in [0.25, 0.3) is 0 Å². The molecule has 0 bridgehead atoms. The van der Waals surface area contributed by atoms with Gasteiger partial charge in [-0.05, 0) is 64.2 Å². The Labute approximate surface area is 101 Å². The Morgan fingerprint density at radius 1 is 0.882 bits per heavy atom. The van der Waals surface area contributed by atoms with Gasteiger partial charge in [0.15, 0.2) is 0 Å². The first-order valence-corrected chi connectivity index (χ1v) is 6.69. The van der Waals surface area contributed by atoms with Gasteiger partial charge in [-0.2, -0.15) is 0 Å². The minimum Gasteiger partial charge on any atom is -0.448 e. The van der Waals surface area contributed by atoms with Gasteiger partial charge < -0.3 is 22.7 Å². The fourth-order valence-corrected chi connectivity index (χ4v) is 2.97. The third-order valence-corrected chi connectivity index (χ3v) is 3.89. The van der Waals surface area contributed by atoms with Gasteiger partial charge in [0.05, 0.1) is 0 Å². The minimum absolute atomic E-state index is 0.616. The van der Waals surface area contributed by atoms with E-state index < -0.39 is 13.4 Å². The molecule has 2 nitrogen and oxygen atoms in total. The lowest BCUT2D eigenvalue weighted by Gasteiger charge is -2.36. The zero-order valence-corrected chi connectivity index (χ0v) is 10.3. The number of hydrogen-bond donors (Lipinski definition) is 0. The van der Waals surface area contributed by atoms with Crippen LogP contribution in [-0.2, 0) is 0 Å². The highest BCUT2D eigenvalue weighted by Crippen LogP contribution is 2.22. The monoisotopic (exact) mass is 249 g/mol. The second-order valence-electron chi connectivity index (χ2n) is 5.46. The summed E-state index contributed by atoms with van der Waals surface area (Å²) < 4.78 is 36.8. The Morgan fingerprint density at radius 2 is 1.47 bits per heavy atom. The molecule has 0 aliphatic carbocycles. The second-order valence-corrected chi connectivity index (χ2v) is 5.46. The third-order valence-electron chi connectivity index (χ3n) is 3.89. The van der Waals surface area contributed by atoms with Crippen LogP contribution >= 0.6 is 0 Å². The quantitative estimate of drug-likeness (QED) is 0.704. The van der Waals surface area contributed by atoms with E-state index in [-0.39, 0.29) is 0 Å². The molecule has 0 amide bonds. The van der Waals surface area contributed by atoms with Gasteiger partial charge in [-0.3, -0.25) is 0 Å². The Morgan fingerprint density at radius 3 is 2.00 bits per heavy atom. The first kappa shape index (κ1) is 13.2. The van der Waals surface area contributed by atoms with Crippen LogP contribution in [0.3, 0.4) is 0 Å². The van der Waals surface area contributed by atoms with Gasteiger partial charge in [-0.15, -0.1) is 0 Å². The van der Waals surface area contributed by atoms with E-state index in [1.807, 2.05) is 0 Å². The van der Waals surface area contributed by atoms with E-state index in [0.29, 0.717) is 19.0 Å². The van der Waals surface area contributed by atoms with Crippen LogP contribution < -0.4 is 0 Å². The largest absolute Gasteiger partial charge is 0.492 e. The van der Waals surface area contributed by atoms with E-state index in [1.165, 1.54) is 25.9 Å². The number of halogens is 3. The smallest absolute Gasteiger partial charge is 0.448 e. The molecule has 17 heavy (non-hydrogen) atoms. The lowest BCUT2D eigenvalue weighted by Crippen LogP contribution is -2.44. The molecule has 2 rings (SSSR count). The first-order chi connectivity index (χ1) is 8.03. The van der Waals surface area contributed by atoms with Gasteiger partial charge in [0.2, 0.25) is 0 Å². The molecule has 0 spiro atoms. The summed E-state index contributed by atoms with van der Waals surface area (Å²) in [5.74, 6) is 0.616. The molecule has 2 aliphatic heterocycles. The lowest BCUT2D eigenvalue weighted by molar-refractivity contribution is 0.160. The van der Waals surface area contributed by atoms with Crippen LogP contribution in [0, 0.1) is 5.92 Å².